The molecule has 5 heteroatoms. The van der Waals surface area contributed by atoms with Gasteiger partial charge in [0.25, 0.3) is 0 Å². The molecule has 1 aromatic carbocycles. The number of nitrogens with one attached hydrogen (secondary N) is 3. The van der Waals surface area contributed by atoms with E-state index in [-0.39, 0.29) is 0 Å². The van der Waals surface area contributed by atoms with E-state index >= 15 is 0 Å². The summed E-state index contributed by atoms with van der Waals surface area (Å²) in [7, 11) is 0. The second-order valence-corrected chi connectivity index (χ2v) is 5.77. The Morgan fingerprint density at radius 2 is 2.26 bits per heavy atom. The number of thiocarbonyl (C=S) groups is 1. The number of aromatic nitrogens is 1. The van der Waals surface area contributed by atoms with Gasteiger partial charge in [0.15, 0.2) is 5.11 Å². The maximum absolute atomic E-state index is 6.04. The molecule has 0 bridgehead atoms. The third kappa shape index (κ3) is 3.19. The molecule has 1 saturated carbocycles. The van der Waals surface area contributed by atoms with Gasteiger partial charge in [-0.1, -0.05) is 11.6 Å². The minimum absolute atomic E-state index is 0.604. The first-order valence-corrected chi connectivity index (χ1v) is 7.31. The van der Waals surface area contributed by atoms with E-state index in [4.69, 9.17) is 23.8 Å². The largest absolute Gasteiger partial charge is 0.362 e. The molecule has 0 amide bonds. The Morgan fingerprint density at radius 3 is 3.05 bits per heavy atom. The fourth-order valence-corrected chi connectivity index (χ4v) is 2.57. The normalized spacial score (nSPS) is 14.6. The quantitative estimate of drug-likeness (QED) is 0.759. The maximum atomic E-state index is 6.04. The molecule has 100 valence electrons. The summed E-state index contributed by atoms with van der Waals surface area (Å²) in [6, 6.07) is 6.51. The number of benzene rings is 1. The average molecular weight is 294 g/mol. The molecule has 0 spiro atoms. The Bertz CT molecular complexity index is 604. The smallest absolute Gasteiger partial charge is 0.166 e. The highest BCUT2D eigenvalue weighted by Gasteiger charge is 2.21. The molecule has 1 fully saturated rings. The number of H-pyrrole nitrogens is 1. The van der Waals surface area contributed by atoms with Gasteiger partial charge in [0.05, 0.1) is 0 Å². The molecule has 3 N–H and O–H groups in total. The van der Waals surface area contributed by atoms with Gasteiger partial charge in [-0.2, -0.15) is 0 Å². The van der Waals surface area contributed by atoms with Crippen LogP contribution in [0.2, 0.25) is 5.02 Å². The van der Waals surface area contributed by atoms with Crippen molar-refractivity contribution in [3.63, 3.8) is 0 Å². The Hall–Kier alpha value is -1.26. The minimum Gasteiger partial charge on any atom is -0.362 e. The minimum atomic E-state index is 0.604. The summed E-state index contributed by atoms with van der Waals surface area (Å²) in [5.41, 5.74) is 2.39. The van der Waals surface area contributed by atoms with Crippen molar-refractivity contribution in [2.45, 2.75) is 25.3 Å². The van der Waals surface area contributed by atoms with Crippen LogP contribution in [0, 0.1) is 0 Å². The molecule has 0 radical (unpaired) electrons. The van der Waals surface area contributed by atoms with Gasteiger partial charge in [0, 0.05) is 34.7 Å². The highest BCUT2D eigenvalue weighted by atomic mass is 35.5. The fourth-order valence-electron chi connectivity index (χ4n) is 2.13. The summed E-state index contributed by atoms with van der Waals surface area (Å²) < 4.78 is 0. The van der Waals surface area contributed by atoms with E-state index in [1.165, 1.54) is 23.8 Å². The number of aromatic amines is 1. The second-order valence-electron chi connectivity index (χ2n) is 4.93. The standard InChI is InChI=1S/C14H16ClN3S/c15-10-1-4-13-12(7-10)9(8-17-13)5-6-16-14(19)18-11-2-3-11/h1,4,7-8,11,17H,2-3,5-6H2,(H2,16,18,19). The number of hydrogen-bond acceptors (Lipinski definition) is 1. The van der Waals surface area contributed by atoms with Gasteiger partial charge < -0.3 is 15.6 Å². The SMILES string of the molecule is S=C(NCCc1c[nH]c2ccc(Cl)cc12)NC1CC1. The van der Waals surface area contributed by atoms with E-state index in [2.05, 4.69) is 15.6 Å². The summed E-state index contributed by atoms with van der Waals surface area (Å²) in [5.74, 6) is 0. The molecule has 1 aliphatic carbocycles. The van der Waals surface area contributed by atoms with E-state index in [9.17, 15) is 0 Å². The molecule has 3 nitrogen and oxygen atoms in total. The van der Waals surface area contributed by atoms with Gasteiger partial charge in [-0.05, 0) is 55.2 Å². The molecule has 1 aromatic heterocycles. The first-order chi connectivity index (χ1) is 9.22. The third-order valence-electron chi connectivity index (χ3n) is 3.32. The number of rotatable bonds is 4. The van der Waals surface area contributed by atoms with Gasteiger partial charge in [-0.3, -0.25) is 0 Å². The Kier molecular flexibility index (Phi) is 3.62. The second kappa shape index (κ2) is 5.39. The van der Waals surface area contributed by atoms with Crippen molar-refractivity contribution in [2.75, 3.05) is 6.54 Å². The van der Waals surface area contributed by atoms with E-state index in [0.717, 1.165) is 28.6 Å². The monoisotopic (exact) mass is 293 g/mol. The molecule has 0 saturated heterocycles. The molecular weight excluding hydrogens is 278 g/mol. The van der Waals surface area contributed by atoms with Crippen LogP contribution in [0.15, 0.2) is 24.4 Å². The van der Waals surface area contributed by atoms with Crippen molar-refractivity contribution in [3.05, 3.63) is 35.0 Å². The molecule has 2 aromatic rings. The van der Waals surface area contributed by atoms with Crippen LogP contribution in [0.5, 0.6) is 0 Å². The summed E-state index contributed by atoms with van der Waals surface area (Å²) in [5, 5.41) is 9.24. The molecule has 1 heterocycles. The third-order valence-corrected chi connectivity index (χ3v) is 3.82. The lowest BCUT2D eigenvalue weighted by Gasteiger charge is -2.09. The molecular formula is C14H16ClN3S. The topological polar surface area (TPSA) is 39.9 Å². The predicted octanol–water partition coefficient (Wildman–Crippen LogP) is 2.99. The van der Waals surface area contributed by atoms with Crippen molar-refractivity contribution < 1.29 is 0 Å². The molecule has 1 aliphatic rings. The van der Waals surface area contributed by atoms with E-state index in [1.807, 2.05) is 24.4 Å². The highest BCUT2D eigenvalue weighted by Crippen LogP contribution is 2.22. The van der Waals surface area contributed by atoms with Gasteiger partial charge in [-0.15, -0.1) is 0 Å². The first-order valence-electron chi connectivity index (χ1n) is 6.52. The predicted molar refractivity (Wildman–Crippen MR) is 83.8 cm³/mol. The zero-order valence-corrected chi connectivity index (χ0v) is 12.1. The van der Waals surface area contributed by atoms with Crippen molar-refractivity contribution in [3.8, 4) is 0 Å². The van der Waals surface area contributed by atoms with Crippen LogP contribution in [-0.2, 0) is 6.42 Å². The zero-order chi connectivity index (χ0) is 13.2. The molecule has 3 rings (SSSR count). The van der Waals surface area contributed by atoms with Crippen LogP contribution in [-0.4, -0.2) is 22.7 Å². The first kappa shape index (κ1) is 12.8. The van der Waals surface area contributed by atoms with Crippen LogP contribution in [0.25, 0.3) is 10.9 Å². The maximum Gasteiger partial charge on any atom is 0.166 e. The van der Waals surface area contributed by atoms with Gasteiger partial charge in [-0.25, -0.2) is 0 Å². The zero-order valence-electron chi connectivity index (χ0n) is 10.5. The Labute approximate surface area is 122 Å². The average Bonchev–Trinajstić information content (AvgIpc) is 3.10. The van der Waals surface area contributed by atoms with Crippen molar-refractivity contribution in [1.82, 2.24) is 15.6 Å². The van der Waals surface area contributed by atoms with Gasteiger partial charge >= 0.3 is 0 Å². The van der Waals surface area contributed by atoms with Crippen LogP contribution in [0.1, 0.15) is 18.4 Å². The lowest BCUT2D eigenvalue weighted by Crippen LogP contribution is -2.37. The molecule has 0 atom stereocenters. The molecule has 0 unspecified atom stereocenters. The summed E-state index contributed by atoms with van der Waals surface area (Å²) in [6.07, 6.45) is 5.44. The fraction of sp³-hybridized carbons (Fsp3) is 0.357. The van der Waals surface area contributed by atoms with Gasteiger partial charge in [0.2, 0.25) is 0 Å². The lowest BCUT2D eigenvalue weighted by atomic mass is 10.1. The molecule has 19 heavy (non-hydrogen) atoms. The van der Waals surface area contributed by atoms with Gasteiger partial charge in [0.1, 0.15) is 0 Å². The Morgan fingerprint density at radius 1 is 1.42 bits per heavy atom. The summed E-state index contributed by atoms with van der Waals surface area (Å²) in [6.45, 7) is 0.831. The van der Waals surface area contributed by atoms with Crippen LogP contribution >= 0.6 is 23.8 Å². The van der Waals surface area contributed by atoms with E-state index < -0.39 is 0 Å². The van der Waals surface area contributed by atoms with Crippen molar-refractivity contribution in [2.24, 2.45) is 0 Å². The highest BCUT2D eigenvalue weighted by molar-refractivity contribution is 7.80. The van der Waals surface area contributed by atoms with Crippen LogP contribution in [0.3, 0.4) is 0 Å². The van der Waals surface area contributed by atoms with Crippen molar-refractivity contribution >= 4 is 39.8 Å². The number of hydrogen-bond donors (Lipinski definition) is 3. The summed E-state index contributed by atoms with van der Waals surface area (Å²) in [4.78, 5) is 3.26. The lowest BCUT2D eigenvalue weighted by molar-refractivity contribution is 0.814. The number of fused-ring (bicyclic) bond motifs is 1. The number of halogens is 1. The Balaban J connectivity index is 1.58. The molecule has 0 aliphatic heterocycles. The van der Waals surface area contributed by atoms with Crippen LogP contribution in [0.4, 0.5) is 0 Å². The van der Waals surface area contributed by atoms with E-state index in [1.54, 1.807) is 0 Å². The summed E-state index contributed by atoms with van der Waals surface area (Å²) >= 11 is 11.3. The van der Waals surface area contributed by atoms with Crippen LogP contribution < -0.4 is 10.6 Å². The van der Waals surface area contributed by atoms with Crippen molar-refractivity contribution in [1.29, 1.82) is 0 Å². The van der Waals surface area contributed by atoms with E-state index in [0.29, 0.717) is 6.04 Å².